The average Bonchev–Trinajstić information content (AvgIpc) is 2.17. The fourth-order valence-electron chi connectivity index (χ4n) is 1.79. The van der Waals surface area contributed by atoms with E-state index < -0.39 is 0 Å². The summed E-state index contributed by atoms with van der Waals surface area (Å²) in [5.74, 6) is 0. The van der Waals surface area contributed by atoms with Crippen molar-refractivity contribution in [2.75, 3.05) is 13.6 Å². The van der Waals surface area contributed by atoms with Crippen molar-refractivity contribution < 1.29 is 5.11 Å². The highest BCUT2D eigenvalue weighted by Crippen LogP contribution is 2.20. The molecule has 0 aliphatic carbocycles. The summed E-state index contributed by atoms with van der Waals surface area (Å²) in [6.45, 7) is 2.13. The Bertz CT molecular complexity index is 298. The quantitative estimate of drug-likeness (QED) is 0.682. The molecule has 0 bridgehead atoms. The van der Waals surface area contributed by atoms with Gasteiger partial charge in [0.05, 0.1) is 6.61 Å². The summed E-state index contributed by atoms with van der Waals surface area (Å²) in [6.07, 6.45) is 4.73. The number of hydrogen-bond donors (Lipinski definition) is 1. The van der Waals surface area contributed by atoms with Crippen molar-refractivity contribution in [2.24, 2.45) is 0 Å². The van der Waals surface area contributed by atoms with Crippen molar-refractivity contribution in [2.45, 2.75) is 19.6 Å². The second-order valence-electron chi connectivity index (χ2n) is 3.58. The van der Waals surface area contributed by atoms with Gasteiger partial charge in [0, 0.05) is 31.0 Å². The van der Waals surface area contributed by atoms with Crippen molar-refractivity contribution in [3.63, 3.8) is 0 Å². The molecular formula is C10H14N2O. The molecular weight excluding hydrogens is 164 g/mol. The molecule has 0 spiro atoms. The Labute approximate surface area is 78.0 Å². The summed E-state index contributed by atoms with van der Waals surface area (Å²) in [5.41, 5.74) is 3.54. The third kappa shape index (κ3) is 1.57. The number of rotatable bonds is 1. The Hall–Kier alpha value is -0.930. The molecule has 1 aliphatic heterocycles. The maximum absolute atomic E-state index is 9.12. The van der Waals surface area contributed by atoms with Crippen molar-refractivity contribution in [3.8, 4) is 0 Å². The van der Waals surface area contributed by atoms with Crippen LogP contribution in [0, 0.1) is 0 Å². The predicted molar refractivity (Wildman–Crippen MR) is 50.2 cm³/mol. The van der Waals surface area contributed by atoms with Gasteiger partial charge in [0.1, 0.15) is 0 Å². The van der Waals surface area contributed by atoms with E-state index in [0.29, 0.717) is 0 Å². The van der Waals surface area contributed by atoms with Crippen LogP contribution >= 0.6 is 0 Å². The Morgan fingerprint density at radius 3 is 3.15 bits per heavy atom. The van der Waals surface area contributed by atoms with E-state index >= 15 is 0 Å². The molecule has 1 aromatic heterocycles. The van der Waals surface area contributed by atoms with Crippen LogP contribution in [0.15, 0.2) is 12.4 Å². The highest BCUT2D eigenvalue weighted by molar-refractivity contribution is 5.33. The predicted octanol–water partition coefficient (Wildman–Crippen LogP) is 0.562. The van der Waals surface area contributed by atoms with Crippen molar-refractivity contribution >= 4 is 0 Å². The largest absolute Gasteiger partial charge is 0.392 e. The topological polar surface area (TPSA) is 36.4 Å². The molecule has 0 saturated heterocycles. The van der Waals surface area contributed by atoms with Crippen LogP contribution < -0.4 is 0 Å². The van der Waals surface area contributed by atoms with Gasteiger partial charge in [0.2, 0.25) is 0 Å². The lowest BCUT2D eigenvalue weighted by molar-refractivity contribution is 0.269. The first-order valence-corrected chi connectivity index (χ1v) is 4.55. The Morgan fingerprint density at radius 1 is 1.54 bits per heavy atom. The monoisotopic (exact) mass is 178 g/mol. The highest BCUT2D eigenvalue weighted by Gasteiger charge is 2.15. The van der Waals surface area contributed by atoms with Crippen LogP contribution in [0.2, 0.25) is 0 Å². The Kier molecular flexibility index (Phi) is 2.29. The average molecular weight is 178 g/mol. The van der Waals surface area contributed by atoms with E-state index in [2.05, 4.69) is 16.9 Å². The van der Waals surface area contributed by atoms with E-state index in [1.54, 1.807) is 6.20 Å². The maximum Gasteiger partial charge on any atom is 0.0700 e. The molecule has 0 unspecified atom stereocenters. The van der Waals surface area contributed by atoms with Gasteiger partial charge < -0.3 is 10.0 Å². The third-order valence-corrected chi connectivity index (χ3v) is 2.60. The molecule has 1 N–H and O–H groups in total. The van der Waals surface area contributed by atoms with Gasteiger partial charge in [0.25, 0.3) is 0 Å². The Morgan fingerprint density at radius 2 is 2.38 bits per heavy atom. The molecule has 70 valence electrons. The van der Waals surface area contributed by atoms with Crippen molar-refractivity contribution in [3.05, 3.63) is 29.1 Å². The minimum Gasteiger partial charge on any atom is -0.392 e. The summed E-state index contributed by atoms with van der Waals surface area (Å²) in [6, 6.07) is 0. The molecule has 2 rings (SSSR count). The fraction of sp³-hybridized carbons (Fsp3) is 0.500. The minimum absolute atomic E-state index is 0.101. The van der Waals surface area contributed by atoms with Gasteiger partial charge in [-0.05, 0) is 24.6 Å². The standard InChI is InChI=1S/C10H14N2O/c1-12-3-2-8-4-11-5-9(7-13)10(8)6-12/h4-5,13H,2-3,6-7H2,1H3. The van der Waals surface area contributed by atoms with E-state index in [-0.39, 0.29) is 6.61 Å². The smallest absolute Gasteiger partial charge is 0.0700 e. The number of pyridine rings is 1. The van der Waals surface area contributed by atoms with E-state index in [4.69, 9.17) is 5.11 Å². The lowest BCUT2D eigenvalue weighted by Crippen LogP contribution is -2.27. The van der Waals surface area contributed by atoms with Gasteiger partial charge in [-0.3, -0.25) is 4.98 Å². The molecule has 0 atom stereocenters. The maximum atomic E-state index is 9.12. The molecule has 0 aromatic carbocycles. The minimum atomic E-state index is 0.101. The van der Waals surface area contributed by atoms with Gasteiger partial charge in [-0.2, -0.15) is 0 Å². The van der Waals surface area contributed by atoms with Crippen molar-refractivity contribution in [1.82, 2.24) is 9.88 Å². The van der Waals surface area contributed by atoms with Gasteiger partial charge in [0.15, 0.2) is 0 Å². The zero-order valence-corrected chi connectivity index (χ0v) is 7.82. The molecule has 2 heterocycles. The van der Waals surface area contributed by atoms with Crippen LogP contribution in [0.25, 0.3) is 0 Å². The van der Waals surface area contributed by atoms with Gasteiger partial charge in [-0.25, -0.2) is 0 Å². The number of likely N-dealkylation sites (N-methyl/N-ethyl adjacent to an activating group) is 1. The summed E-state index contributed by atoms with van der Waals surface area (Å²) in [7, 11) is 2.10. The first kappa shape index (κ1) is 8.66. The number of aliphatic hydroxyl groups is 1. The first-order valence-electron chi connectivity index (χ1n) is 4.55. The molecule has 3 nitrogen and oxygen atoms in total. The van der Waals surface area contributed by atoms with E-state index in [1.807, 2.05) is 6.20 Å². The zero-order valence-electron chi connectivity index (χ0n) is 7.82. The second-order valence-corrected chi connectivity index (χ2v) is 3.58. The molecule has 0 amide bonds. The normalized spacial score (nSPS) is 17.1. The fourth-order valence-corrected chi connectivity index (χ4v) is 1.79. The van der Waals surface area contributed by atoms with Crippen LogP contribution in [0.5, 0.6) is 0 Å². The van der Waals surface area contributed by atoms with Crippen LogP contribution in [0.3, 0.4) is 0 Å². The van der Waals surface area contributed by atoms with E-state index in [0.717, 1.165) is 25.1 Å². The van der Waals surface area contributed by atoms with Gasteiger partial charge in [-0.15, -0.1) is 0 Å². The van der Waals surface area contributed by atoms with Crippen LogP contribution in [0.1, 0.15) is 16.7 Å². The van der Waals surface area contributed by atoms with Gasteiger partial charge >= 0.3 is 0 Å². The zero-order chi connectivity index (χ0) is 9.26. The summed E-state index contributed by atoms with van der Waals surface area (Å²) >= 11 is 0. The lowest BCUT2D eigenvalue weighted by Gasteiger charge is -2.26. The molecule has 0 fully saturated rings. The molecule has 13 heavy (non-hydrogen) atoms. The molecule has 0 saturated carbocycles. The number of aliphatic hydroxyl groups excluding tert-OH is 1. The summed E-state index contributed by atoms with van der Waals surface area (Å²) in [4.78, 5) is 6.38. The third-order valence-electron chi connectivity index (χ3n) is 2.60. The van der Waals surface area contributed by atoms with E-state index in [9.17, 15) is 0 Å². The van der Waals surface area contributed by atoms with Crippen LogP contribution in [0.4, 0.5) is 0 Å². The highest BCUT2D eigenvalue weighted by atomic mass is 16.3. The van der Waals surface area contributed by atoms with E-state index in [1.165, 1.54) is 11.1 Å². The summed E-state index contributed by atoms with van der Waals surface area (Å²) < 4.78 is 0. The van der Waals surface area contributed by atoms with Crippen LogP contribution in [-0.4, -0.2) is 28.6 Å². The molecule has 0 radical (unpaired) electrons. The lowest BCUT2D eigenvalue weighted by atomic mass is 9.98. The van der Waals surface area contributed by atoms with Crippen LogP contribution in [-0.2, 0) is 19.6 Å². The molecule has 1 aromatic rings. The number of aromatic nitrogens is 1. The van der Waals surface area contributed by atoms with Gasteiger partial charge in [-0.1, -0.05) is 0 Å². The molecule has 1 aliphatic rings. The number of nitrogens with zero attached hydrogens (tertiary/aromatic N) is 2. The number of fused-ring (bicyclic) bond motifs is 1. The summed E-state index contributed by atoms with van der Waals surface area (Å²) in [5, 5.41) is 9.12. The first-order chi connectivity index (χ1) is 6.31. The Balaban J connectivity index is 2.41. The second kappa shape index (κ2) is 3.44. The molecule has 3 heteroatoms. The SMILES string of the molecule is CN1CCc2cncc(CO)c2C1. The number of hydrogen-bond acceptors (Lipinski definition) is 3. The van der Waals surface area contributed by atoms with Crippen molar-refractivity contribution in [1.29, 1.82) is 0 Å².